The fraction of sp³-hybridized carbons (Fsp3) is 0. The largest absolute Gasteiger partial charge is 0.397 e. The van der Waals surface area contributed by atoms with Gasteiger partial charge in [-0.1, -0.05) is 24.3 Å². The molecule has 0 fully saturated rings. The zero-order valence-corrected chi connectivity index (χ0v) is 15.6. The number of rotatable bonds is 3. The molecule has 0 atom stereocenters. The fourth-order valence-electron chi connectivity index (χ4n) is 3.10. The Balaban J connectivity index is 1.92. The lowest BCUT2D eigenvalue weighted by Crippen LogP contribution is -1.97. The molecule has 144 valence electrons. The molecule has 0 saturated carbocycles. The van der Waals surface area contributed by atoms with E-state index in [0.29, 0.717) is 34.1 Å². The summed E-state index contributed by atoms with van der Waals surface area (Å²) < 4.78 is 13.4. The van der Waals surface area contributed by atoms with Crippen molar-refractivity contribution in [3.8, 4) is 33.6 Å². The van der Waals surface area contributed by atoms with Gasteiger partial charge in [-0.05, 0) is 59.7 Å². The van der Waals surface area contributed by atoms with Crippen LogP contribution in [0.4, 0.5) is 27.1 Å². The Hall–Kier alpha value is -4.06. The number of anilines is 4. The minimum Gasteiger partial charge on any atom is -0.397 e. The van der Waals surface area contributed by atoms with Gasteiger partial charge >= 0.3 is 0 Å². The van der Waals surface area contributed by atoms with E-state index in [9.17, 15) is 4.39 Å². The molecule has 1 aromatic heterocycles. The predicted octanol–water partition coefficient (Wildman–Crippen LogP) is 4.55. The standard InChI is InChI=1S/C23H20FN5/c24-17-5-1-13(2-6-17)16-11-22(14-3-7-18(25)20(27)9-14)29-23(12-16)15-4-8-19(26)21(28)10-15/h1-12H,25-28H2. The van der Waals surface area contributed by atoms with Crippen molar-refractivity contribution < 1.29 is 4.39 Å². The molecule has 3 aromatic carbocycles. The lowest BCUT2D eigenvalue weighted by atomic mass is 9.99. The average Bonchev–Trinajstić information content (AvgIpc) is 2.72. The van der Waals surface area contributed by atoms with Crippen LogP contribution in [0.2, 0.25) is 0 Å². The minimum atomic E-state index is -0.291. The van der Waals surface area contributed by atoms with Crippen LogP contribution in [-0.4, -0.2) is 4.98 Å². The Morgan fingerprint density at radius 1 is 0.483 bits per heavy atom. The molecule has 1 heterocycles. The lowest BCUT2D eigenvalue weighted by Gasteiger charge is -2.12. The molecule has 0 amide bonds. The van der Waals surface area contributed by atoms with Gasteiger partial charge in [-0.2, -0.15) is 0 Å². The number of hydrogen-bond acceptors (Lipinski definition) is 5. The summed E-state index contributed by atoms with van der Waals surface area (Å²) in [6.07, 6.45) is 0. The summed E-state index contributed by atoms with van der Waals surface area (Å²) in [4.78, 5) is 4.79. The van der Waals surface area contributed by atoms with Crippen molar-refractivity contribution in [2.24, 2.45) is 0 Å². The Labute approximate surface area is 167 Å². The Morgan fingerprint density at radius 2 is 0.931 bits per heavy atom. The molecule has 4 rings (SSSR count). The summed E-state index contributed by atoms with van der Waals surface area (Å²) in [7, 11) is 0. The number of nitrogens with two attached hydrogens (primary N) is 4. The van der Waals surface area contributed by atoms with Gasteiger partial charge in [0.1, 0.15) is 5.82 Å². The number of aromatic nitrogens is 1. The summed E-state index contributed by atoms with van der Waals surface area (Å²) in [6.45, 7) is 0. The van der Waals surface area contributed by atoms with E-state index in [1.165, 1.54) is 12.1 Å². The molecular formula is C23H20FN5. The highest BCUT2D eigenvalue weighted by Crippen LogP contribution is 2.33. The van der Waals surface area contributed by atoms with Crippen LogP contribution in [0.15, 0.2) is 72.8 Å². The van der Waals surface area contributed by atoms with Gasteiger partial charge in [-0.25, -0.2) is 9.37 Å². The van der Waals surface area contributed by atoms with E-state index >= 15 is 0 Å². The van der Waals surface area contributed by atoms with Crippen LogP contribution in [0.5, 0.6) is 0 Å². The Morgan fingerprint density at radius 3 is 1.38 bits per heavy atom. The highest BCUT2D eigenvalue weighted by Gasteiger charge is 2.11. The van der Waals surface area contributed by atoms with Crippen LogP contribution in [0.25, 0.3) is 33.6 Å². The van der Waals surface area contributed by atoms with Crippen molar-refractivity contribution in [2.75, 3.05) is 22.9 Å². The highest BCUT2D eigenvalue weighted by molar-refractivity contribution is 5.81. The number of halogens is 1. The van der Waals surface area contributed by atoms with Crippen LogP contribution in [0.1, 0.15) is 0 Å². The van der Waals surface area contributed by atoms with Crippen LogP contribution in [0.3, 0.4) is 0 Å². The number of benzene rings is 3. The van der Waals surface area contributed by atoms with Crippen molar-refractivity contribution >= 4 is 22.7 Å². The van der Waals surface area contributed by atoms with Crippen molar-refractivity contribution in [3.05, 3.63) is 78.6 Å². The maximum absolute atomic E-state index is 13.4. The maximum Gasteiger partial charge on any atom is 0.123 e. The van der Waals surface area contributed by atoms with Gasteiger partial charge in [-0.3, -0.25) is 0 Å². The van der Waals surface area contributed by atoms with Gasteiger partial charge < -0.3 is 22.9 Å². The normalized spacial score (nSPS) is 10.8. The van der Waals surface area contributed by atoms with Gasteiger partial charge in [0.2, 0.25) is 0 Å². The van der Waals surface area contributed by atoms with E-state index in [-0.39, 0.29) is 5.82 Å². The number of pyridine rings is 1. The smallest absolute Gasteiger partial charge is 0.123 e. The Bertz CT molecular complexity index is 1130. The third-order valence-corrected chi connectivity index (χ3v) is 4.77. The fourth-order valence-corrected chi connectivity index (χ4v) is 3.10. The number of hydrogen-bond donors (Lipinski definition) is 4. The third-order valence-electron chi connectivity index (χ3n) is 4.77. The first-order valence-corrected chi connectivity index (χ1v) is 8.99. The van der Waals surface area contributed by atoms with E-state index in [1.807, 2.05) is 24.3 Å². The van der Waals surface area contributed by atoms with Crippen molar-refractivity contribution in [3.63, 3.8) is 0 Å². The number of nitrogen functional groups attached to an aromatic ring is 4. The minimum absolute atomic E-state index is 0.291. The van der Waals surface area contributed by atoms with Crippen LogP contribution in [0, 0.1) is 5.82 Å². The van der Waals surface area contributed by atoms with E-state index in [4.69, 9.17) is 27.9 Å². The van der Waals surface area contributed by atoms with Crippen LogP contribution in [-0.2, 0) is 0 Å². The van der Waals surface area contributed by atoms with Crippen LogP contribution >= 0.6 is 0 Å². The molecular weight excluding hydrogens is 365 g/mol. The van der Waals surface area contributed by atoms with E-state index < -0.39 is 0 Å². The van der Waals surface area contributed by atoms with Gasteiger partial charge in [0.05, 0.1) is 34.1 Å². The topological polar surface area (TPSA) is 117 Å². The second-order valence-electron chi connectivity index (χ2n) is 6.82. The van der Waals surface area contributed by atoms with Crippen LogP contribution < -0.4 is 22.9 Å². The monoisotopic (exact) mass is 385 g/mol. The molecule has 0 saturated heterocycles. The molecule has 0 spiro atoms. The second-order valence-corrected chi connectivity index (χ2v) is 6.82. The average molecular weight is 385 g/mol. The summed E-state index contributed by atoms with van der Waals surface area (Å²) in [6, 6.07) is 21.0. The summed E-state index contributed by atoms with van der Waals surface area (Å²) in [5.41, 5.74) is 30.5. The molecule has 0 aliphatic carbocycles. The number of nitrogens with zero attached hydrogens (tertiary/aromatic N) is 1. The second kappa shape index (κ2) is 7.16. The van der Waals surface area contributed by atoms with E-state index in [2.05, 4.69) is 0 Å². The van der Waals surface area contributed by atoms with E-state index in [1.54, 1.807) is 36.4 Å². The summed E-state index contributed by atoms with van der Waals surface area (Å²) in [5.74, 6) is -0.291. The maximum atomic E-state index is 13.4. The first-order valence-electron chi connectivity index (χ1n) is 8.99. The van der Waals surface area contributed by atoms with Gasteiger partial charge in [0.15, 0.2) is 0 Å². The first-order chi connectivity index (χ1) is 13.9. The third kappa shape index (κ3) is 3.68. The zero-order chi connectivity index (χ0) is 20.5. The summed E-state index contributed by atoms with van der Waals surface area (Å²) in [5, 5.41) is 0. The molecule has 6 heteroatoms. The molecule has 0 bridgehead atoms. The molecule has 0 aliphatic rings. The van der Waals surface area contributed by atoms with Gasteiger partial charge in [0.25, 0.3) is 0 Å². The molecule has 0 aliphatic heterocycles. The molecule has 0 radical (unpaired) electrons. The zero-order valence-electron chi connectivity index (χ0n) is 15.6. The highest BCUT2D eigenvalue weighted by atomic mass is 19.1. The van der Waals surface area contributed by atoms with Gasteiger partial charge in [-0.15, -0.1) is 0 Å². The predicted molar refractivity (Wildman–Crippen MR) is 118 cm³/mol. The molecule has 8 N–H and O–H groups in total. The lowest BCUT2D eigenvalue weighted by molar-refractivity contribution is 0.628. The molecule has 4 aromatic rings. The molecule has 0 unspecified atom stereocenters. The SMILES string of the molecule is Nc1ccc(-c2cc(-c3ccc(F)cc3)cc(-c3ccc(N)c(N)c3)n2)cc1N. The molecule has 29 heavy (non-hydrogen) atoms. The van der Waals surface area contributed by atoms with Crippen molar-refractivity contribution in [1.82, 2.24) is 4.98 Å². The van der Waals surface area contributed by atoms with Gasteiger partial charge in [0, 0.05) is 11.1 Å². The van der Waals surface area contributed by atoms with Crippen molar-refractivity contribution in [2.45, 2.75) is 0 Å². The summed E-state index contributed by atoms with van der Waals surface area (Å²) >= 11 is 0. The first kappa shape index (κ1) is 18.3. The molecule has 5 nitrogen and oxygen atoms in total. The van der Waals surface area contributed by atoms with E-state index in [0.717, 1.165) is 22.3 Å². The Kier molecular flexibility index (Phi) is 4.52. The quantitative estimate of drug-likeness (QED) is 0.386. The van der Waals surface area contributed by atoms with Crippen molar-refractivity contribution in [1.29, 1.82) is 0 Å².